The number of rotatable bonds is 3. The highest BCUT2D eigenvalue weighted by Gasteiger charge is 2.08. The molecule has 13 heavy (non-hydrogen) atoms. The van der Waals surface area contributed by atoms with Gasteiger partial charge in [0.25, 0.3) is 0 Å². The number of nitrogens with two attached hydrogens (primary N) is 1. The van der Waals surface area contributed by atoms with Crippen molar-refractivity contribution in [2.24, 2.45) is 5.73 Å². The molecule has 5 heteroatoms. The van der Waals surface area contributed by atoms with Gasteiger partial charge in [0, 0.05) is 18.8 Å². The van der Waals surface area contributed by atoms with Crippen LogP contribution in [0, 0.1) is 0 Å². The van der Waals surface area contributed by atoms with Crippen molar-refractivity contribution >= 4 is 11.7 Å². The highest BCUT2D eigenvalue weighted by atomic mass is 16.2. The van der Waals surface area contributed by atoms with Gasteiger partial charge in [0.15, 0.2) is 5.82 Å². The van der Waals surface area contributed by atoms with E-state index in [1.807, 2.05) is 6.92 Å². The molecule has 0 unspecified atom stereocenters. The third-order valence-electron chi connectivity index (χ3n) is 1.63. The Kier molecular flexibility index (Phi) is 3.02. The minimum Gasteiger partial charge on any atom is -0.320 e. The van der Waals surface area contributed by atoms with Crippen LogP contribution in [0.2, 0.25) is 0 Å². The van der Waals surface area contributed by atoms with Crippen molar-refractivity contribution in [1.29, 1.82) is 0 Å². The summed E-state index contributed by atoms with van der Waals surface area (Å²) < 4.78 is 1.73. The number of nitrogens with one attached hydrogen (secondary N) is 1. The molecule has 0 radical (unpaired) electrons. The van der Waals surface area contributed by atoms with Crippen molar-refractivity contribution in [3.8, 4) is 0 Å². The van der Waals surface area contributed by atoms with Crippen LogP contribution in [0.5, 0.6) is 0 Å². The fourth-order valence-electron chi connectivity index (χ4n) is 0.845. The minimum absolute atomic E-state index is 0.221. The molecule has 0 bridgehead atoms. The first-order chi connectivity index (χ1) is 6.13. The van der Waals surface area contributed by atoms with Crippen LogP contribution in [0.4, 0.5) is 5.82 Å². The highest BCUT2D eigenvalue weighted by molar-refractivity contribution is 5.93. The summed E-state index contributed by atoms with van der Waals surface area (Å²) in [5, 5.41) is 6.68. The summed E-state index contributed by atoms with van der Waals surface area (Å²) in [6.45, 7) is 4.39. The largest absolute Gasteiger partial charge is 0.320 e. The Bertz CT molecular complexity index is 292. The number of carbonyl (C=O) groups excluding carboxylic acids is 1. The first kappa shape index (κ1) is 9.73. The van der Waals surface area contributed by atoms with Crippen LogP contribution in [-0.2, 0) is 11.3 Å². The van der Waals surface area contributed by atoms with Crippen molar-refractivity contribution in [1.82, 2.24) is 9.78 Å². The SMILES string of the molecule is CCn1ccc(NC(=O)[C@@H](C)N)n1. The fraction of sp³-hybridized carbons (Fsp3) is 0.500. The zero-order valence-corrected chi connectivity index (χ0v) is 7.82. The number of aromatic nitrogens is 2. The zero-order valence-electron chi connectivity index (χ0n) is 7.82. The van der Waals surface area contributed by atoms with Crippen molar-refractivity contribution in [2.75, 3.05) is 5.32 Å². The van der Waals surface area contributed by atoms with Crippen molar-refractivity contribution in [3.63, 3.8) is 0 Å². The van der Waals surface area contributed by atoms with Gasteiger partial charge < -0.3 is 11.1 Å². The summed E-state index contributed by atoms with van der Waals surface area (Å²) in [6.07, 6.45) is 1.80. The lowest BCUT2D eigenvalue weighted by atomic mass is 10.3. The fourth-order valence-corrected chi connectivity index (χ4v) is 0.845. The predicted octanol–water partition coefficient (Wildman–Crippen LogP) is 0.189. The maximum atomic E-state index is 11.1. The number of amides is 1. The number of aryl methyl sites for hydroxylation is 1. The molecule has 0 fully saturated rings. The monoisotopic (exact) mass is 182 g/mol. The topological polar surface area (TPSA) is 72.9 Å². The third-order valence-corrected chi connectivity index (χ3v) is 1.63. The van der Waals surface area contributed by atoms with Gasteiger partial charge in [-0.05, 0) is 13.8 Å². The molecule has 0 aromatic carbocycles. The maximum Gasteiger partial charge on any atom is 0.242 e. The van der Waals surface area contributed by atoms with E-state index in [0.717, 1.165) is 6.54 Å². The van der Waals surface area contributed by atoms with E-state index < -0.39 is 6.04 Å². The number of anilines is 1. The second kappa shape index (κ2) is 4.04. The van der Waals surface area contributed by atoms with E-state index in [9.17, 15) is 4.79 Å². The van der Waals surface area contributed by atoms with Gasteiger partial charge in [-0.3, -0.25) is 9.48 Å². The lowest BCUT2D eigenvalue weighted by molar-refractivity contribution is -0.117. The standard InChI is InChI=1S/C8H14N4O/c1-3-12-5-4-7(11-12)10-8(13)6(2)9/h4-6H,3,9H2,1-2H3,(H,10,11,13)/t6-/m1/s1. The molecular weight excluding hydrogens is 168 g/mol. The number of nitrogens with zero attached hydrogens (tertiary/aromatic N) is 2. The first-order valence-electron chi connectivity index (χ1n) is 4.23. The average Bonchev–Trinajstić information content (AvgIpc) is 2.52. The van der Waals surface area contributed by atoms with E-state index in [4.69, 9.17) is 5.73 Å². The molecule has 1 heterocycles. The summed E-state index contributed by atoms with van der Waals surface area (Å²) in [4.78, 5) is 11.1. The van der Waals surface area contributed by atoms with E-state index in [0.29, 0.717) is 5.82 Å². The van der Waals surface area contributed by atoms with E-state index >= 15 is 0 Å². The molecule has 1 rings (SSSR count). The number of hydrogen-bond donors (Lipinski definition) is 2. The first-order valence-corrected chi connectivity index (χ1v) is 4.23. The smallest absolute Gasteiger partial charge is 0.242 e. The lowest BCUT2D eigenvalue weighted by Gasteiger charge is -2.03. The Labute approximate surface area is 76.9 Å². The van der Waals surface area contributed by atoms with Crippen LogP contribution in [0.25, 0.3) is 0 Å². The van der Waals surface area contributed by atoms with Crippen molar-refractivity contribution in [2.45, 2.75) is 26.4 Å². The maximum absolute atomic E-state index is 11.1. The second-order valence-corrected chi connectivity index (χ2v) is 2.83. The highest BCUT2D eigenvalue weighted by Crippen LogP contribution is 2.02. The molecule has 0 aliphatic heterocycles. The van der Waals surface area contributed by atoms with Gasteiger partial charge in [-0.15, -0.1) is 0 Å². The van der Waals surface area contributed by atoms with Crippen LogP contribution in [0.15, 0.2) is 12.3 Å². The average molecular weight is 182 g/mol. The summed E-state index contributed by atoms with van der Waals surface area (Å²) >= 11 is 0. The Morgan fingerprint density at radius 3 is 3.00 bits per heavy atom. The molecule has 0 aliphatic carbocycles. The van der Waals surface area contributed by atoms with Crippen LogP contribution >= 0.6 is 0 Å². The molecule has 1 amide bonds. The third kappa shape index (κ3) is 2.55. The number of carbonyl (C=O) groups is 1. The Balaban J connectivity index is 2.59. The minimum atomic E-state index is -0.508. The van der Waals surface area contributed by atoms with E-state index in [1.54, 1.807) is 23.9 Å². The van der Waals surface area contributed by atoms with Gasteiger partial charge in [0.1, 0.15) is 0 Å². The molecule has 72 valence electrons. The summed E-state index contributed by atoms with van der Waals surface area (Å²) in [5.41, 5.74) is 5.38. The van der Waals surface area contributed by atoms with Gasteiger partial charge >= 0.3 is 0 Å². The Morgan fingerprint density at radius 1 is 1.85 bits per heavy atom. The molecule has 0 aliphatic rings. The molecule has 0 saturated carbocycles. The molecule has 5 nitrogen and oxygen atoms in total. The van der Waals surface area contributed by atoms with Crippen LogP contribution in [0.1, 0.15) is 13.8 Å². The lowest BCUT2D eigenvalue weighted by Crippen LogP contribution is -2.32. The normalized spacial score (nSPS) is 12.5. The Morgan fingerprint density at radius 2 is 2.54 bits per heavy atom. The molecular formula is C8H14N4O. The quantitative estimate of drug-likeness (QED) is 0.700. The second-order valence-electron chi connectivity index (χ2n) is 2.83. The van der Waals surface area contributed by atoms with E-state index in [1.165, 1.54) is 0 Å². The molecule has 3 N–H and O–H groups in total. The van der Waals surface area contributed by atoms with Gasteiger partial charge in [0.2, 0.25) is 5.91 Å². The van der Waals surface area contributed by atoms with Crippen LogP contribution < -0.4 is 11.1 Å². The van der Waals surface area contributed by atoms with Gasteiger partial charge in [-0.2, -0.15) is 5.10 Å². The molecule has 0 saturated heterocycles. The van der Waals surface area contributed by atoms with E-state index in [-0.39, 0.29) is 5.91 Å². The summed E-state index contributed by atoms with van der Waals surface area (Å²) in [7, 11) is 0. The van der Waals surface area contributed by atoms with E-state index in [2.05, 4.69) is 10.4 Å². The molecule has 1 aromatic rings. The molecule has 1 aromatic heterocycles. The van der Waals surface area contributed by atoms with Gasteiger partial charge in [-0.25, -0.2) is 0 Å². The van der Waals surface area contributed by atoms with Gasteiger partial charge in [0.05, 0.1) is 6.04 Å². The summed E-state index contributed by atoms with van der Waals surface area (Å²) in [5.74, 6) is 0.325. The zero-order chi connectivity index (χ0) is 9.84. The van der Waals surface area contributed by atoms with Crippen molar-refractivity contribution < 1.29 is 4.79 Å². The predicted molar refractivity (Wildman–Crippen MR) is 50.2 cm³/mol. The summed E-state index contributed by atoms with van der Waals surface area (Å²) in [6, 6.07) is 1.23. The van der Waals surface area contributed by atoms with Crippen molar-refractivity contribution in [3.05, 3.63) is 12.3 Å². The van der Waals surface area contributed by atoms with Crippen LogP contribution in [0.3, 0.4) is 0 Å². The van der Waals surface area contributed by atoms with Crippen LogP contribution in [-0.4, -0.2) is 21.7 Å². The number of hydrogen-bond acceptors (Lipinski definition) is 3. The van der Waals surface area contributed by atoms with Gasteiger partial charge in [-0.1, -0.05) is 0 Å². The molecule has 1 atom stereocenters. The molecule has 0 spiro atoms. The Hall–Kier alpha value is -1.36.